The summed E-state index contributed by atoms with van der Waals surface area (Å²) in [4.78, 5) is 23.3. The Morgan fingerprint density at radius 2 is 1.83 bits per heavy atom. The van der Waals surface area contributed by atoms with Gasteiger partial charge in [0, 0.05) is 35.3 Å². The normalized spacial score (nSPS) is 11.3. The number of carbonyl (C=O) groups is 1. The van der Waals surface area contributed by atoms with Crippen LogP contribution in [-0.2, 0) is 14.8 Å². The number of aryl methyl sites for hydroxylation is 1. The Morgan fingerprint density at radius 1 is 1.02 bits per heavy atom. The van der Waals surface area contributed by atoms with E-state index in [1.165, 1.54) is 25.7 Å². The average Bonchev–Trinajstić information content (AvgIpc) is 2.94. The zero-order chi connectivity index (χ0) is 29.6. The molecular formula is C27H27F2N5O6S. The fourth-order valence-corrected chi connectivity index (χ4v) is 5.19. The highest BCUT2D eigenvalue weighted by Crippen LogP contribution is 2.35. The van der Waals surface area contributed by atoms with E-state index in [0.717, 1.165) is 12.1 Å². The molecule has 0 saturated carbocycles. The van der Waals surface area contributed by atoms with Crippen LogP contribution in [0.4, 0.5) is 14.5 Å². The summed E-state index contributed by atoms with van der Waals surface area (Å²) in [5, 5.41) is 9.29. The van der Waals surface area contributed by atoms with E-state index in [9.17, 15) is 22.0 Å². The van der Waals surface area contributed by atoms with Gasteiger partial charge in [-0.25, -0.2) is 37.6 Å². The number of rotatable bonds is 12. The maximum Gasteiger partial charge on any atom is 0.264 e. The van der Waals surface area contributed by atoms with Crippen LogP contribution >= 0.6 is 0 Å². The highest BCUT2D eigenvalue weighted by atomic mass is 32.2. The highest BCUT2D eigenvalue weighted by molar-refractivity contribution is 7.92. The number of hydrogen-bond donors (Lipinski definition) is 3. The first-order valence-corrected chi connectivity index (χ1v) is 13.9. The minimum Gasteiger partial charge on any atom is -0.491 e. The number of pyridine rings is 1. The van der Waals surface area contributed by atoms with Crippen LogP contribution in [0.25, 0.3) is 22.0 Å². The average molecular weight is 588 g/mol. The third kappa shape index (κ3) is 7.02. The van der Waals surface area contributed by atoms with Gasteiger partial charge in [-0.05, 0) is 62.1 Å². The van der Waals surface area contributed by atoms with Gasteiger partial charge in [0.25, 0.3) is 10.0 Å². The summed E-state index contributed by atoms with van der Waals surface area (Å²) in [5.74, 6) is -2.21. The van der Waals surface area contributed by atoms with Gasteiger partial charge in [0.1, 0.15) is 39.8 Å². The molecule has 1 amide bonds. The number of unbranched alkanes of at least 4 members (excludes halogenated alkanes) is 2. The third-order valence-electron chi connectivity index (χ3n) is 6.14. The SMILES string of the molecule is COc1ncc(-c2cc(OCCCCCC(=O)NO)c3ncnc(C)c3c2)cc1NS(=O)(=O)c1ccc(F)cc1F. The molecule has 0 saturated heterocycles. The number of carbonyl (C=O) groups excluding carboxylic acids is 1. The van der Waals surface area contributed by atoms with Gasteiger partial charge in [0.15, 0.2) is 0 Å². The van der Waals surface area contributed by atoms with Crippen LogP contribution in [0.3, 0.4) is 0 Å². The van der Waals surface area contributed by atoms with Crippen molar-refractivity contribution in [2.45, 2.75) is 37.5 Å². The second-order valence-electron chi connectivity index (χ2n) is 8.98. The van der Waals surface area contributed by atoms with Crippen LogP contribution in [0.1, 0.15) is 31.4 Å². The third-order valence-corrected chi connectivity index (χ3v) is 7.54. The molecule has 0 aliphatic heterocycles. The summed E-state index contributed by atoms with van der Waals surface area (Å²) in [5.41, 5.74) is 3.88. The molecule has 0 unspecified atom stereocenters. The number of hydrogen-bond acceptors (Lipinski definition) is 9. The molecule has 2 heterocycles. The zero-order valence-corrected chi connectivity index (χ0v) is 23.0. The number of hydroxylamine groups is 1. The Hall–Kier alpha value is -4.43. The van der Waals surface area contributed by atoms with E-state index in [0.29, 0.717) is 65.4 Å². The van der Waals surface area contributed by atoms with Crippen LogP contribution in [-0.4, -0.2) is 48.2 Å². The second-order valence-corrected chi connectivity index (χ2v) is 10.6. The fourth-order valence-electron chi connectivity index (χ4n) is 4.08. The molecule has 0 fully saturated rings. The monoisotopic (exact) mass is 587 g/mol. The summed E-state index contributed by atoms with van der Waals surface area (Å²) in [6.07, 6.45) is 5.02. The van der Waals surface area contributed by atoms with Crippen molar-refractivity contribution in [1.29, 1.82) is 0 Å². The highest BCUT2D eigenvalue weighted by Gasteiger charge is 2.22. The summed E-state index contributed by atoms with van der Waals surface area (Å²) >= 11 is 0. The lowest BCUT2D eigenvalue weighted by Crippen LogP contribution is -2.17. The number of fused-ring (bicyclic) bond motifs is 1. The van der Waals surface area contributed by atoms with Gasteiger partial charge in [-0.15, -0.1) is 0 Å². The van der Waals surface area contributed by atoms with E-state index >= 15 is 0 Å². The van der Waals surface area contributed by atoms with E-state index in [2.05, 4.69) is 19.7 Å². The Balaban J connectivity index is 1.65. The van der Waals surface area contributed by atoms with Crippen LogP contribution in [0.5, 0.6) is 11.6 Å². The predicted octanol–water partition coefficient (Wildman–Crippen LogP) is 4.53. The number of methoxy groups -OCH3 is 1. The summed E-state index contributed by atoms with van der Waals surface area (Å²) in [6.45, 7) is 2.14. The quantitative estimate of drug-likeness (QED) is 0.123. The Morgan fingerprint density at radius 3 is 2.56 bits per heavy atom. The van der Waals surface area contributed by atoms with Crippen LogP contribution in [0, 0.1) is 18.6 Å². The van der Waals surface area contributed by atoms with Crippen molar-refractivity contribution in [2.24, 2.45) is 0 Å². The predicted molar refractivity (Wildman–Crippen MR) is 145 cm³/mol. The molecule has 41 heavy (non-hydrogen) atoms. The summed E-state index contributed by atoms with van der Waals surface area (Å²) < 4.78 is 67.0. The number of anilines is 1. The van der Waals surface area contributed by atoms with Crippen LogP contribution in [0.2, 0.25) is 0 Å². The molecule has 0 radical (unpaired) electrons. The molecule has 4 rings (SSSR count). The first-order chi connectivity index (χ1) is 19.6. The molecule has 4 aromatic rings. The maximum atomic E-state index is 14.3. The van der Waals surface area contributed by atoms with Gasteiger partial charge in [-0.1, -0.05) is 0 Å². The standard InChI is InChI=1S/C27H27F2N5O6S/c1-16-20-10-17(12-23(26(20)32-15-31-16)40-9-5-3-4-6-25(35)33-36)18-11-22(27(39-2)30-14-18)34-41(37,38)24-8-7-19(28)13-21(24)29/h7-8,10-15,34,36H,3-6,9H2,1-2H3,(H,33,35). The lowest BCUT2D eigenvalue weighted by molar-refractivity contribution is -0.129. The van der Waals surface area contributed by atoms with Crippen molar-refractivity contribution >= 4 is 32.5 Å². The molecule has 2 aromatic carbocycles. The number of ether oxygens (including phenoxy) is 2. The fraction of sp³-hybridized carbons (Fsp3) is 0.259. The topological polar surface area (TPSA) is 153 Å². The number of amides is 1. The first kappa shape index (κ1) is 29.6. The molecule has 0 aliphatic rings. The summed E-state index contributed by atoms with van der Waals surface area (Å²) in [7, 11) is -3.16. The molecule has 0 aliphatic carbocycles. The molecule has 0 atom stereocenters. The number of halogens is 2. The number of benzene rings is 2. The Kier molecular flexibility index (Phi) is 9.24. The smallest absolute Gasteiger partial charge is 0.264 e. The van der Waals surface area contributed by atoms with E-state index in [4.69, 9.17) is 14.7 Å². The maximum absolute atomic E-state index is 14.3. The molecule has 0 spiro atoms. The number of nitrogens with zero attached hydrogens (tertiary/aromatic N) is 3. The van der Waals surface area contributed by atoms with E-state index in [-0.39, 0.29) is 18.0 Å². The van der Waals surface area contributed by atoms with E-state index in [1.54, 1.807) is 11.5 Å². The van der Waals surface area contributed by atoms with Crippen molar-refractivity contribution in [3.05, 3.63) is 66.3 Å². The van der Waals surface area contributed by atoms with Crippen molar-refractivity contribution in [2.75, 3.05) is 18.4 Å². The minimum atomic E-state index is -4.46. The van der Waals surface area contributed by atoms with Crippen LogP contribution < -0.4 is 19.7 Å². The lowest BCUT2D eigenvalue weighted by Gasteiger charge is -2.15. The second kappa shape index (κ2) is 12.8. The Labute approximate surface area is 234 Å². The van der Waals surface area contributed by atoms with Gasteiger partial charge < -0.3 is 9.47 Å². The molecular weight excluding hydrogens is 560 g/mol. The molecule has 216 valence electrons. The van der Waals surface area contributed by atoms with Crippen molar-refractivity contribution in [3.63, 3.8) is 0 Å². The van der Waals surface area contributed by atoms with Crippen molar-refractivity contribution in [3.8, 4) is 22.8 Å². The van der Waals surface area contributed by atoms with Gasteiger partial charge in [-0.3, -0.25) is 14.7 Å². The largest absolute Gasteiger partial charge is 0.491 e. The van der Waals surface area contributed by atoms with Gasteiger partial charge in [-0.2, -0.15) is 0 Å². The van der Waals surface area contributed by atoms with Gasteiger partial charge >= 0.3 is 0 Å². The van der Waals surface area contributed by atoms with Crippen molar-refractivity contribution in [1.82, 2.24) is 20.4 Å². The van der Waals surface area contributed by atoms with Crippen molar-refractivity contribution < 1.29 is 36.7 Å². The number of aromatic nitrogens is 3. The first-order valence-electron chi connectivity index (χ1n) is 12.5. The molecule has 0 bridgehead atoms. The van der Waals surface area contributed by atoms with Gasteiger partial charge in [0.05, 0.1) is 13.7 Å². The molecule has 2 aromatic heterocycles. The van der Waals surface area contributed by atoms with E-state index in [1.807, 2.05) is 13.0 Å². The number of sulfonamides is 1. The minimum absolute atomic E-state index is 0.0634. The van der Waals surface area contributed by atoms with E-state index < -0.39 is 32.5 Å². The van der Waals surface area contributed by atoms with Gasteiger partial charge in [0.2, 0.25) is 11.8 Å². The number of nitrogens with one attached hydrogen (secondary N) is 2. The van der Waals surface area contributed by atoms with Crippen LogP contribution in [0.15, 0.2) is 53.8 Å². The molecule has 3 N–H and O–H groups in total. The zero-order valence-electron chi connectivity index (χ0n) is 22.1. The lowest BCUT2D eigenvalue weighted by atomic mass is 10.0. The molecule has 11 nitrogen and oxygen atoms in total. The summed E-state index contributed by atoms with van der Waals surface area (Å²) in [6, 6.07) is 7.17. The Bertz CT molecular complexity index is 1690. The molecule has 14 heteroatoms.